The molecule has 1 aliphatic heterocycles. The number of esters is 1. The molecule has 0 saturated carbocycles. The third-order valence-electron chi connectivity index (χ3n) is 2.76. The molecule has 0 aromatic heterocycles. The molecule has 0 radical (unpaired) electrons. The van der Waals surface area contributed by atoms with Crippen LogP contribution in [0.5, 0.6) is 0 Å². The van der Waals surface area contributed by atoms with Crippen molar-refractivity contribution in [1.82, 2.24) is 0 Å². The van der Waals surface area contributed by atoms with Crippen LogP contribution in [0.15, 0.2) is 0 Å². The lowest BCUT2D eigenvalue weighted by Crippen LogP contribution is -2.23. The molecule has 19 heavy (non-hydrogen) atoms. The van der Waals surface area contributed by atoms with E-state index in [9.17, 15) is 9.59 Å². The number of hydrogen-bond acceptors (Lipinski definition) is 5. The molecule has 1 aliphatic rings. The maximum absolute atomic E-state index is 11.2. The lowest BCUT2D eigenvalue weighted by molar-refractivity contribution is -0.165. The van der Waals surface area contributed by atoms with E-state index in [4.69, 9.17) is 19.3 Å². The lowest BCUT2D eigenvalue weighted by atomic mass is 10.2. The van der Waals surface area contributed by atoms with Crippen molar-refractivity contribution in [2.24, 2.45) is 0 Å². The molecule has 0 aliphatic carbocycles. The van der Waals surface area contributed by atoms with Crippen LogP contribution in [0.1, 0.15) is 44.9 Å². The van der Waals surface area contributed by atoms with Gasteiger partial charge in [-0.25, -0.2) is 0 Å². The summed E-state index contributed by atoms with van der Waals surface area (Å²) in [6.45, 7) is 1.56. The largest absolute Gasteiger partial charge is 0.481 e. The van der Waals surface area contributed by atoms with Crippen LogP contribution in [-0.2, 0) is 23.8 Å². The third kappa shape index (κ3) is 8.56. The fraction of sp³-hybridized carbons (Fsp3) is 0.846. The van der Waals surface area contributed by atoms with E-state index in [-0.39, 0.29) is 25.1 Å². The second kappa shape index (κ2) is 9.75. The molecule has 0 spiro atoms. The van der Waals surface area contributed by atoms with Crippen LogP contribution in [0.3, 0.4) is 0 Å². The first-order valence-electron chi connectivity index (χ1n) is 6.79. The highest BCUT2D eigenvalue weighted by Crippen LogP contribution is 2.13. The summed E-state index contributed by atoms with van der Waals surface area (Å²) in [5, 5.41) is 8.42. The van der Waals surface area contributed by atoms with Crippen molar-refractivity contribution in [1.29, 1.82) is 0 Å². The van der Waals surface area contributed by atoms with Gasteiger partial charge in [0.2, 0.25) is 0 Å². The average molecular weight is 274 g/mol. The number of aliphatic carboxylic acids is 1. The van der Waals surface area contributed by atoms with Gasteiger partial charge in [0.05, 0.1) is 13.2 Å². The summed E-state index contributed by atoms with van der Waals surface area (Å²) in [4.78, 5) is 21.5. The number of ether oxygens (including phenoxy) is 3. The van der Waals surface area contributed by atoms with Crippen molar-refractivity contribution in [3.63, 3.8) is 0 Å². The predicted octanol–water partition coefficient (Wildman–Crippen LogP) is 1.72. The smallest absolute Gasteiger partial charge is 0.305 e. The summed E-state index contributed by atoms with van der Waals surface area (Å²) in [7, 11) is 0. The SMILES string of the molecule is O=C(O)CCCC(=O)OCCCOC1CCCCO1. The molecule has 0 amide bonds. The van der Waals surface area contributed by atoms with Crippen molar-refractivity contribution in [2.45, 2.75) is 51.2 Å². The zero-order valence-electron chi connectivity index (χ0n) is 11.1. The van der Waals surface area contributed by atoms with Crippen molar-refractivity contribution < 1.29 is 28.9 Å². The summed E-state index contributed by atoms with van der Waals surface area (Å²) in [5.74, 6) is -1.25. The van der Waals surface area contributed by atoms with E-state index in [1.807, 2.05) is 0 Å². The van der Waals surface area contributed by atoms with Gasteiger partial charge < -0.3 is 19.3 Å². The maximum atomic E-state index is 11.2. The molecule has 0 bridgehead atoms. The van der Waals surface area contributed by atoms with Gasteiger partial charge in [-0.15, -0.1) is 0 Å². The fourth-order valence-electron chi connectivity index (χ4n) is 1.76. The minimum absolute atomic E-state index is 0.00275. The molecule has 6 heteroatoms. The second-order valence-electron chi connectivity index (χ2n) is 4.49. The van der Waals surface area contributed by atoms with E-state index in [0.29, 0.717) is 26.1 Å². The van der Waals surface area contributed by atoms with Crippen LogP contribution in [-0.4, -0.2) is 43.2 Å². The van der Waals surface area contributed by atoms with E-state index < -0.39 is 5.97 Å². The number of carboxylic acids is 1. The Morgan fingerprint density at radius 1 is 1.16 bits per heavy atom. The minimum atomic E-state index is -0.895. The van der Waals surface area contributed by atoms with Gasteiger partial charge in [-0.2, -0.15) is 0 Å². The highest BCUT2D eigenvalue weighted by Gasteiger charge is 2.13. The molecular weight excluding hydrogens is 252 g/mol. The summed E-state index contributed by atoms with van der Waals surface area (Å²) in [6.07, 6.45) is 4.13. The first-order chi connectivity index (χ1) is 9.18. The highest BCUT2D eigenvalue weighted by atomic mass is 16.7. The van der Waals surface area contributed by atoms with E-state index in [1.165, 1.54) is 0 Å². The number of carbonyl (C=O) groups excluding carboxylic acids is 1. The van der Waals surface area contributed by atoms with Gasteiger partial charge in [0.1, 0.15) is 0 Å². The van der Waals surface area contributed by atoms with E-state index in [2.05, 4.69) is 0 Å². The van der Waals surface area contributed by atoms with Gasteiger partial charge in [-0.3, -0.25) is 9.59 Å². The molecule has 0 aromatic carbocycles. The molecular formula is C13H22O6. The standard InChI is InChI=1S/C13H22O6/c14-11(15)5-3-6-12(16)17-9-4-10-19-13-7-1-2-8-18-13/h13H,1-10H2,(H,14,15). The maximum Gasteiger partial charge on any atom is 0.305 e. The van der Waals surface area contributed by atoms with Crippen molar-refractivity contribution in [2.75, 3.05) is 19.8 Å². The average Bonchev–Trinajstić information content (AvgIpc) is 2.39. The molecule has 110 valence electrons. The Morgan fingerprint density at radius 3 is 2.68 bits per heavy atom. The van der Waals surface area contributed by atoms with E-state index in [1.54, 1.807) is 0 Å². The predicted molar refractivity (Wildman–Crippen MR) is 66.6 cm³/mol. The van der Waals surface area contributed by atoms with Gasteiger partial charge in [0, 0.05) is 25.9 Å². The Labute approximate surface area is 113 Å². The van der Waals surface area contributed by atoms with E-state index >= 15 is 0 Å². The van der Waals surface area contributed by atoms with Gasteiger partial charge in [-0.05, 0) is 25.7 Å². The molecule has 1 fully saturated rings. The van der Waals surface area contributed by atoms with Crippen LogP contribution in [0.2, 0.25) is 0 Å². The quantitative estimate of drug-likeness (QED) is 0.509. The number of carboxylic acid groups (broad SMARTS) is 1. The highest BCUT2D eigenvalue weighted by molar-refractivity contribution is 5.71. The molecule has 1 heterocycles. The van der Waals surface area contributed by atoms with Gasteiger partial charge in [0.25, 0.3) is 0 Å². The van der Waals surface area contributed by atoms with Crippen molar-refractivity contribution in [3.8, 4) is 0 Å². The number of hydrogen-bond donors (Lipinski definition) is 1. The zero-order chi connectivity index (χ0) is 13.9. The van der Waals surface area contributed by atoms with Crippen molar-refractivity contribution >= 4 is 11.9 Å². The Balaban J connectivity index is 1.89. The van der Waals surface area contributed by atoms with Crippen LogP contribution in [0, 0.1) is 0 Å². The summed E-state index contributed by atoms with van der Waals surface area (Å²) >= 11 is 0. The van der Waals surface area contributed by atoms with Gasteiger partial charge in [0.15, 0.2) is 6.29 Å². The Morgan fingerprint density at radius 2 is 2.00 bits per heavy atom. The molecule has 1 atom stereocenters. The Bertz CT molecular complexity index is 272. The Hall–Kier alpha value is -1.14. The Kier molecular flexibility index (Phi) is 8.16. The zero-order valence-corrected chi connectivity index (χ0v) is 11.1. The first kappa shape index (κ1) is 15.9. The molecule has 6 nitrogen and oxygen atoms in total. The van der Waals surface area contributed by atoms with Gasteiger partial charge >= 0.3 is 11.9 Å². The molecule has 1 saturated heterocycles. The normalized spacial score (nSPS) is 19.1. The minimum Gasteiger partial charge on any atom is -0.481 e. The number of rotatable bonds is 9. The van der Waals surface area contributed by atoms with Crippen LogP contribution >= 0.6 is 0 Å². The fourth-order valence-corrected chi connectivity index (χ4v) is 1.76. The van der Waals surface area contributed by atoms with Crippen LogP contribution in [0.4, 0.5) is 0 Å². The van der Waals surface area contributed by atoms with E-state index in [0.717, 1.165) is 25.9 Å². The van der Waals surface area contributed by atoms with Gasteiger partial charge in [-0.1, -0.05) is 0 Å². The summed E-state index contributed by atoms with van der Waals surface area (Å²) in [6, 6.07) is 0. The summed E-state index contributed by atoms with van der Waals surface area (Å²) < 4.78 is 15.8. The molecule has 1 unspecified atom stereocenters. The summed E-state index contributed by atoms with van der Waals surface area (Å²) in [5.41, 5.74) is 0. The van der Waals surface area contributed by atoms with Crippen LogP contribution in [0.25, 0.3) is 0 Å². The topological polar surface area (TPSA) is 82.1 Å². The number of carbonyl (C=O) groups is 2. The molecule has 0 aromatic rings. The third-order valence-corrected chi connectivity index (χ3v) is 2.76. The van der Waals surface area contributed by atoms with Crippen molar-refractivity contribution in [3.05, 3.63) is 0 Å². The molecule has 1 N–H and O–H groups in total. The monoisotopic (exact) mass is 274 g/mol. The lowest BCUT2D eigenvalue weighted by Gasteiger charge is -2.22. The second-order valence-corrected chi connectivity index (χ2v) is 4.49. The van der Waals surface area contributed by atoms with Crippen LogP contribution < -0.4 is 0 Å². The molecule has 1 rings (SSSR count). The first-order valence-corrected chi connectivity index (χ1v) is 6.79.